The Kier molecular flexibility index (Phi) is 3.94. The van der Waals surface area contributed by atoms with Crippen molar-refractivity contribution in [2.75, 3.05) is 14.2 Å². The van der Waals surface area contributed by atoms with Crippen LogP contribution in [0.3, 0.4) is 0 Å². The van der Waals surface area contributed by atoms with Gasteiger partial charge in [0.25, 0.3) is 0 Å². The second-order valence-corrected chi connectivity index (χ2v) is 6.66. The monoisotopic (exact) mass is 317 g/mol. The zero-order valence-corrected chi connectivity index (χ0v) is 13.7. The number of thiophene rings is 1. The standard InChI is InChI=1S/C16H15NO2S2/c1-10-4-7-15(21-10)12-9-20-16(17-12)11-5-6-13(18-2)14(8-11)19-3/h4-9H,1-3H3. The topological polar surface area (TPSA) is 31.4 Å². The SMILES string of the molecule is COc1ccc(-c2nc(-c3ccc(C)s3)cs2)cc1OC. The molecule has 0 saturated heterocycles. The van der Waals surface area contributed by atoms with E-state index < -0.39 is 0 Å². The quantitative estimate of drug-likeness (QED) is 0.688. The van der Waals surface area contributed by atoms with Crippen LogP contribution in [0, 0.1) is 6.92 Å². The second kappa shape index (κ2) is 5.87. The summed E-state index contributed by atoms with van der Waals surface area (Å²) in [5, 5.41) is 3.08. The van der Waals surface area contributed by atoms with E-state index in [4.69, 9.17) is 14.5 Å². The van der Waals surface area contributed by atoms with E-state index in [1.54, 1.807) is 36.9 Å². The lowest BCUT2D eigenvalue weighted by Crippen LogP contribution is -1.90. The van der Waals surface area contributed by atoms with Crippen molar-refractivity contribution < 1.29 is 9.47 Å². The summed E-state index contributed by atoms with van der Waals surface area (Å²) in [4.78, 5) is 7.23. The summed E-state index contributed by atoms with van der Waals surface area (Å²) in [5.74, 6) is 1.45. The average molecular weight is 317 g/mol. The van der Waals surface area contributed by atoms with Gasteiger partial charge in [-0.25, -0.2) is 4.98 Å². The molecule has 0 aliphatic heterocycles. The maximum absolute atomic E-state index is 5.35. The van der Waals surface area contributed by atoms with Crippen molar-refractivity contribution in [2.24, 2.45) is 0 Å². The van der Waals surface area contributed by atoms with E-state index in [1.165, 1.54) is 9.75 Å². The third kappa shape index (κ3) is 2.80. The highest BCUT2D eigenvalue weighted by molar-refractivity contribution is 7.16. The highest BCUT2D eigenvalue weighted by Crippen LogP contribution is 2.36. The van der Waals surface area contributed by atoms with Crippen molar-refractivity contribution >= 4 is 22.7 Å². The van der Waals surface area contributed by atoms with Crippen LogP contribution in [0.5, 0.6) is 11.5 Å². The normalized spacial score (nSPS) is 10.6. The predicted octanol–water partition coefficient (Wildman–Crippen LogP) is 4.86. The fourth-order valence-corrected chi connectivity index (χ4v) is 3.78. The number of hydrogen-bond donors (Lipinski definition) is 0. The fraction of sp³-hybridized carbons (Fsp3) is 0.188. The zero-order valence-electron chi connectivity index (χ0n) is 12.0. The number of aryl methyl sites for hydroxylation is 1. The largest absolute Gasteiger partial charge is 0.493 e. The first-order chi connectivity index (χ1) is 10.2. The Bertz CT molecular complexity index is 761. The number of hydrogen-bond acceptors (Lipinski definition) is 5. The Hall–Kier alpha value is -1.85. The third-order valence-corrected chi connectivity index (χ3v) is 5.04. The molecular weight excluding hydrogens is 302 g/mol. The van der Waals surface area contributed by atoms with Crippen LogP contribution in [0.2, 0.25) is 0 Å². The van der Waals surface area contributed by atoms with E-state index in [1.807, 2.05) is 18.2 Å². The van der Waals surface area contributed by atoms with Crippen LogP contribution in [0.15, 0.2) is 35.7 Å². The average Bonchev–Trinajstić information content (AvgIpc) is 3.15. The van der Waals surface area contributed by atoms with Gasteiger partial charge in [0.1, 0.15) is 5.01 Å². The molecule has 21 heavy (non-hydrogen) atoms. The Morgan fingerprint density at radius 1 is 1.00 bits per heavy atom. The van der Waals surface area contributed by atoms with E-state index >= 15 is 0 Å². The highest BCUT2D eigenvalue weighted by atomic mass is 32.1. The molecule has 2 heterocycles. The van der Waals surface area contributed by atoms with Crippen LogP contribution in [0.4, 0.5) is 0 Å². The van der Waals surface area contributed by atoms with Gasteiger partial charge in [-0.3, -0.25) is 0 Å². The van der Waals surface area contributed by atoms with Gasteiger partial charge in [-0.2, -0.15) is 0 Å². The lowest BCUT2D eigenvalue weighted by atomic mass is 10.2. The molecule has 0 atom stereocenters. The van der Waals surface area contributed by atoms with Crippen molar-refractivity contribution in [2.45, 2.75) is 6.92 Å². The summed E-state index contributed by atoms with van der Waals surface area (Å²) in [6, 6.07) is 10.1. The lowest BCUT2D eigenvalue weighted by Gasteiger charge is -2.08. The van der Waals surface area contributed by atoms with Gasteiger partial charge in [-0.1, -0.05) is 0 Å². The van der Waals surface area contributed by atoms with Crippen LogP contribution < -0.4 is 9.47 Å². The van der Waals surface area contributed by atoms with E-state index in [0.717, 1.165) is 27.8 Å². The second-order valence-electron chi connectivity index (χ2n) is 4.52. The summed E-state index contributed by atoms with van der Waals surface area (Å²) in [6.45, 7) is 2.11. The number of aromatic nitrogens is 1. The first-order valence-electron chi connectivity index (χ1n) is 6.46. The molecule has 5 heteroatoms. The smallest absolute Gasteiger partial charge is 0.161 e. The summed E-state index contributed by atoms with van der Waals surface area (Å²) in [5.41, 5.74) is 2.07. The summed E-state index contributed by atoms with van der Waals surface area (Å²) >= 11 is 3.40. The molecule has 108 valence electrons. The molecule has 0 aliphatic rings. The molecular formula is C16H15NO2S2. The molecule has 3 rings (SSSR count). The molecule has 0 saturated carbocycles. The van der Waals surface area contributed by atoms with E-state index in [-0.39, 0.29) is 0 Å². The first-order valence-corrected chi connectivity index (χ1v) is 8.15. The summed E-state index contributed by atoms with van der Waals surface area (Å²) in [7, 11) is 3.28. The maximum Gasteiger partial charge on any atom is 0.161 e. The predicted molar refractivity (Wildman–Crippen MR) is 88.7 cm³/mol. The summed E-state index contributed by atoms with van der Waals surface area (Å²) in [6.07, 6.45) is 0. The zero-order chi connectivity index (χ0) is 14.8. The molecule has 0 N–H and O–H groups in total. The molecule has 0 aliphatic carbocycles. The first kappa shape index (κ1) is 14.1. The van der Waals surface area contributed by atoms with Gasteiger partial charge in [0.2, 0.25) is 0 Å². The van der Waals surface area contributed by atoms with Crippen molar-refractivity contribution in [3.8, 4) is 32.6 Å². The van der Waals surface area contributed by atoms with Gasteiger partial charge in [-0.05, 0) is 37.3 Å². The van der Waals surface area contributed by atoms with Gasteiger partial charge >= 0.3 is 0 Å². The maximum atomic E-state index is 5.35. The Morgan fingerprint density at radius 3 is 2.48 bits per heavy atom. The molecule has 0 fully saturated rings. The van der Waals surface area contributed by atoms with Gasteiger partial charge in [0, 0.05) is 15.8 Å². The van der Waals surface area contributed by atoms with E-state index in [0.29, 0.717) is 0 Å². The molecule has 0 bridgehead atoms. The van der Waals surface area contributed by atoms with Crippen LogP contribution in [0.25, 0.3) is 21.1 Å². The number of methoxy groups -OCH3 is 2. The molecule has 3 nitrogen and oxygen atoms in total. The highest BCUT2D eigenvalue weighted by Gasteiger charge is 2.11. The van der Waals surface area contributed by atoms with E-state index in [2.05, 4.69) is 24.4 Å². The number of ether oxygens (including phenoxy) is 2. The van der Waals surface area contributed by atoms with Gasteiger partial charge < -0.3 is 9.47 Å². The van der Waals surface area contributed by atoms with Crippen molar-refractivity contribution in [3.63, 3.8) is 0 Å². The number of thiazole rings is 1. The van der Waals surface area contributed by atoms with Crippen LogP contribution in [-0.2, 0) is 0 Å². The molecule has 2 aromatic heterocycles. The molecule has 0 unspecified atom stereocenters. The minimum atomic E-state index is 0.721. The van der Waals surface area contributed by atoms with Gasteiger partial charge in [0.15, 0.2) is 11.5 Å². The van der Waals surface area contributed by atoms with Crippen LogP contribution >= 0.6 is 22.7 Å². The number of nitrogens with zero attached hydrogens (tertiary/aromatic N) is 1. The van der Waals surface area contributed by atoms with Crippen molar-refractivity contribution in [3.05, 3.63) is 40.6 Å². The van der Waals surface area contributed by atoms with Gasteiger partial charge in [0.05, 0.1) is 24.8 Å². The molecule has 0 radical (unpaired) electrons. The molecule has 0 spiro atoms. The van der Waals surface area contributed by atoms with Crippen LogP contribution in [0.1, 0.15) is 4.88 Å². The van der Waals surface area contributed by atoms with Crippen LogP contribution in [-0.4, -0.2) is 19.2 Å². The molecule has 1 aromatic carbocycles. The lowest BCUT2D eigenvalue weighted by molar-refractivity contribution is 0.355. The minimum absolute atomic E-state index is 0.721. The third-order valence-electron chi connectivity index (χ3n) is 3.13. The molecule has 0 amide bonds. The molecule has 3 aromatic rings. The summed E-state index contributed by atoms with van der Waals surface area (Å²) < 4.78 is 10.6. The van der Waals surface area contributed by atoms with Crippen molar-refractivity contribution in [1.82, 2.24) is 4.98 Å². The fourth-order valence-electron chi connectivity index (χ4n) is 2.06. The van der Waals surface area contributed by atoms with E-state index in [9.17, 15) is 0 Å². The number of rotatable bonds is 4. The Balaban J connectivity index is 1.96. The Morgan fingerprint density at radius 2 is 1.81 bits per heavy atom. The van der Waals surface area contributed by atoms with Crippen molar-refractivity contribution in [1.29, 1.82) is 0 Å². The minimum Gasteiger partial charge on any atom is -0.493 e. The van der Waals surface area contributed by atoms with Gasteiger partial charge in [-0.15, -0.1) is 22.7 Å². The Labute approximate surface area is 131 Å². The number of benzene rings is 1.